The fourth-order valence-corrected chi connectivity index (χ4v) is 8.44. The van der Waals surface area contributed by atoms with Gasteiger partial charge < -0.3 is 4.74 Å². The zero-order valence-corrected chi connectivity index (χ0v) is 28.3. The predicted octanol–water partition coefficient (Wildman–Crippen LogP) is 10.3. The summed E-state index contributed by atoms with van der Waals surface area (Å²) in [7, 11) is 4.40. The van der Waals surface area contributed by atoms with Crippen LogP contribution in [0.1, 0.15) is 49.9 Å². The first-order valence-corrected chi connectivity index (χ1v) is 16.7. The highest BCUT2D eigenvalue weighted by molar-refractivity contribution is 6.03. The molecule has 2 aliphatic heterocycles. The van der Waals surface area contributed by atoms with Crippen molar-refractivity contribution in [3.63, 3.8) is 0 Å². The summed E-state index contributed by atoms with van der Waals surface area (Å²) < 4.78 is 11.1. The van der Waals surface area contributed by atoms with Crippen LogP contribution in [0, 0.1) is 0 Å². The van der Waals surface area contributed by atoms with Crippen molar-refractivity contribution in [1.82, 2.24) is 0 Å². The first kappa shape index (κ1) is 29.4. The molecule has 0 aromatic heterocycles. The smallest absolute Gasteiger partial charge is 0.209 e. The summed E-state index contributed by atoms with van der Waals surface area (Å²) in [5.41, 5.74) is 10.7. The highest BCUT2D eigenvalue weighted by Gasteiger charge is 2.47. The Morgan fingerprint density at radius 1 is 0.489 bits per heavy atom. The molecule has 2 atom stereocenters. The molecule has 8 rings (SSSR count). The molecule has 0 radical (unpaired) electrons. The topological polar surface area (TPSA) is 15.2 Å². The van der Waals surface area contributed by atoms with E-state index in [2.05, 4.69) is 172 Å². The van der Waals surface area contributed by atoms with E-state index in [1.807, 2.05) is 0 Å². The van der Waals surface area contributed by atoms with Gasteiger partial charge in [0.25, 0.3) is 0 Å². The van der Waals surface area contributed by atoms with Crippen LogP contribution in [0.4, 0.5) is 11.4 Å². The zero-order chi connectivity index (χ0) is 32.5. The predicted molar refractivity (Wildman–Crippen MR) is 196 cm³/mol. The van der Waals surface area contributed by atoms with E-state index in [0.29, 0.717) is 0 Å². The highest BCUT2D eigenvalue weighted by atomic mass is 16.5. The van der Waals surface area contributed by atoms with E-state index in [1.54, 1.807) is 0 Å². The molecule has 2 aliphatic rings. The Bertz CT molecular complexity index is 2110. The summed E-state index contributed by atoms with van der Waals surface area (Å²) in [4.78, 5) is 0. The van der Waals surface area contributed by atoms with Gasteiger partial charge >= 0.3 is 0 Å². The molecule has 0 aliphatic carbocycles. The molecule has 2 unspecified atom stereocenters. The van der Waals surface area contributed by atoms with Crippen molar-refractivity contribution >= 4 is 44.3 Å². The fourth-order valence-electron chi connectivity index (χ4n) is 8.44. The van der Waals surface area contributed by atoms with Crippen molar-refractivity contribution in [3.8, 4) is 11.5 Å². The van der Waals surface area contributed by atoms with Crippen molar-refractivity contribution in [2.45, 2.75) is 51.4 Å². The van der Waals surface area contributed by atoms with Gasteiger partial charge in [0.1, 0.15) is 25.6 Å². The number of hydrogen-bond donors (Lipinski definition) is 0. The maximum atomic E-state index is 6.36. The number of hydrogen-bond acceptors (Lipinski definition) is 1. The van der Waals surface area contributed by atoms with Crippen molar-refractivity contribution in [2.75, 3.05) is 14.1 Å². The summed E-state index contributed by atoms with van der Waals surface area (Å²) >= 11 is 0. The molecule has 232 valence electrons. The van der Waals surface area contributed by atoms with Gasteiger partial charge in [0.15, 0.2) is 11.4 Å². The monoisotopic (exact) mass is 614 g/mol. The van der Waals surface area contributed by atoms with Crippen LogP contribution < -0.4 is 4.74 Å². The normalized spacial score (nSPS) is 20.3. The van der Waals surface area contributed by atoms with Gasteiger partial charge in [-0.1, -0.05) is 72.8 Å². The molecule has 2 heterocycles. The Morgan fingerprint density at radius 3 is 1.28 bits per heavy atom. The summed E-state index contributed by atoms with van der Waals surface area (Å²) in [6.07, 6.45) is 1.87. The molecular formula is C44H42N2O+2. The Balaban J connectivity index is 1.01. The number of fused-ring (bicyclic) bond motifs is 6. The molecule has 3 nitrogen and oxygen atoms in total. The molecule has 0 spiro atoms. The van der Waals surface area contributed by atoms with E-state index >= 15 is 0 Å². The summed E-state index contributed by atoms with van der Waals surface area (Å²) in [6.45, 7) is 9.35. The van der Waals surface area contributed by atoms with E-state index in [0.717, 1.165) is 24.3 Å². The lowest BCUT2D eigenvalue weighted by Gasteiger charge is -2.24. The molecule has 0 saturated carbocycles. The molecule has 47 heavy (non-hydrogen) atoms. The molecule has 6 aromatic carbocycles. The van der Waals surface area contributed by atoms with Gasteiger partial charge in [-0.05, 0) is 95.8 Å². The van der Waals surface area contributed by atoms with E-state index in [9.17, 15) is 0 Å². The molecule has 0 N–H and O–H groups in total. The van der Waals surface area contributed by atoms with Crippen molar-refractivity contribution in [1.29, 1.82) is 0 Å². The number of nitrogens with zero attached hydrogens (tertiary/aromatic N) is 2. The Hall–Kier alpha value is -5.02. The van der Waals surface area contributed by atoms with E-state index in [4.69, 9.17) is 4.74 Å². The lowest BCUT2D eigenvalue weighted by molar-refractivity contribution is -0.403. The van der Waals surface area contributed by atoms with Crippen LogP contribution in [0.15, 0.2) is 121 Å². The molecule has 3 heteroatoms. The fraction of sp³-hybridized carbons (Fsp3) is 0.227. The van der Waals surface area contributed by atoms with Gasteiger partial charge in [0.2, 0.25) is 11.4 Å². The number of benzene rings is 6. The largest absolute Gasteiger partial charge is 0.457 e. The maximum Gasteiger partial charge on any atom is 0.209 e. The maximum absolute atomic E-state index is 6.36. The van der Waals surface area contributed by atoms with Crippen LogP contribution in [0.5, 0.6) is 11.5 Å². The summed E-state index contributed by atoms with van der Waals surface area (Å²) in [5, 5.41) is 5.29. The molecule has 0 fully saturated rings. The van der Waals surface area contributed by atoms with Crippen LogP contribution in [-0.4, -0.2) is 34.7 Å². The van der Waals surface area contributed by atoms with E-state index < -0.39 is 0 Å². The Labute approximate surface area is 278 Å². The molecular weight excluding hydrogens is 572 g/mol. The lowest BCUT2D eigenvalue weighted by Crippen LogP contribution is -2.32. The molecule has 0 saturated heterocycles. The van der Waals surface area contributed by atoms with Gasteiger partial charge in [0, 0.05) is 37.1 Å². The third kappa shape index (κ3) is 4.55. The van der Waals surface area contributed by atoms with Crippen LogP contribution in [0.2, 0.25) is 0 Å². The number of rotatable bonds is 6. The van der Waals surface area contributed by atoms with Gasteiger partial charge in [0.05, 0.1) is 10.8 Å². The molecule has 0 amide bonds. The Morgan fingerprint density at radius 2 is 0.872 bits per heavy atom. The first-order valence-electron chi connectivity index (χ1n) is 16.7. The van der Waals surface area contributed by atoms with Gasteiger partial charge in [-0.25, -0.2) is 9.15 Å². The molecule has 6 aromatic rings. The van der Waals surface area contributed by atoms with Gasteiger partial charge in [-0.3, -0.25) is 0 Å². The average Bonchev–Trinajstić information content (AvgIpc) is 3.41. The van der Waals surface area contributed by atoms with Crippen molar-refractivity contribution in [2.24, 2.45) is 0 Å². The van der Waals surface area contributed by atoms with Crippen LogP contribution in [0.3, 0.4) is 0 Å². The van der Waals surface area contributed by atoms with Crippen LogP contribution >= 0.6 is 0 Å². The standard InChI is InChI=1S/C44H42N2O/c1-29-43(3,41-37-13-9-7-11-33(37)19-25-39(41)45(29)5)27-31-15-21-35(22-16-31)47-36-23-17-32(18-24-36)28-44(4)30(2)46(6)40-26-20-34-12-8-10-14-38(34)42(40)44/h7-26H,27-28H2,1-6H3/q+2. The van der Waals surface area contributed by atoms with Crippen LogP contribution in [-0.2, 0) is 23.7 Å². The summed E-state index contributed by atoms with van der Waals surface area (Å²) in [5.74, 6) is 1.71. The first-order chi connectivity index (χ1) is 22.7. The third-order valence-corrected chi connectivity index (χ3v) is 11.4. The average molecular weight is 615 g/mol. The van der Waals surface area contributed by atoms with Gasteiger partial charge in [-0.2, -0.15) is 0 Å². The second-order valence-electron chi connectivity index (χ2n) is 14.1. The molecule has 0 bridgehead atoms. The lowest BCUT2D eigenvalue weighted by atomic mass is 9.73. The summed E-state index contributed by atoms with van der Waals surface area (Å²) in [6, 6.07) is 43.9. The van der Waals surface area contributed by atoms with Gasteiger partial charge in [-0.15, -0.1) is 0 Å². The van der Waals surface area contributed by atoms with Crippen molar-refractivity contribution in [3.05, 3.63) is 144 Å². The van der Waals surface area contributed by atoms with E-state index in [-0.39, 0.29) is 10.8 Å². The quantitative estimate of drug-likeness (QED) is 0.170. The number of ether oxygens (including phenoxy) is 1. The second-order valence-corrected chi connectivity index (χ2v) is 14.1. The SMILES string of the molecule is CC1=[N+](C)c2ccc3ccccc3c2C1(C)Cc1ccc(Oc2ccc(CC3(C)C(C)=[N+](C)c4ccc5ccccc5c43)cc2)cc1. The highest BCUT2D eigenvalue weighted by Crippen LogP contribution is 2.47. The second kappa shape index (κ2) is 10.8. The minimum atomic E-state index is -0.0868. The minimum Gasteiger partial charge on any atom is -0.457 e. The van der Waals surface area contributed by atoms with E-state index in [1.165, 1.54) is 66.6 Å². The van der Waals surface area contributed by atoms with Crippen molar-refractivity contribution < 1.29 is 13.9 Å². The zero-order valence-electron chi connectivity index (χ0n) is 28.3. The minimum absolute atomic E-state index is 0.0868. The Kier molecular flexibility index (Phi) is 6.74. The third-order valence-electron chi connectivity index (χ3n) is 11.4. The van der Waals surface area contributed by atoms with Crippen LogP contribution in [0.25, 0.3) is 21.5 Å².